The molecular formula is C20H28O3. The first-order valence-electron chi connectivity index (χ1n) is 9.02. The van der Waals surface area contributed by atoms with Crippen LogP contribution in [0.4, 0.5) is 0 Å². The standard InChI is InChI=1S/C20H28O3/c1-3-17(21)19(20(22)23-4-2)18(15-11-7-5-8-12-15)16-13-9-6-10-14-16/h11,13H,3-10,12,14H2,1-2H3. The summed E-state index contributed by atoms with van der Waals surface area (Å²) in [4.78, 5) is 25.1. The third kappa shape index (κ3) is 4.43. The number of esters is 1. The van der Waals surface area contributed by atoms with Gasteiger partial charge in [0, 0.05) is 6.42 Å². The lowest BCUT2D eigenvalue weighted by Crippen LogP contribution is -2.20. The molecule has 126 valence electrons. The van der Waals surface area contributed by atoms with Crippen molar-refractivity contribution in [1.29, 1.82) is 0 Å². The molecule has 2 rings (SSSR count). The van der Waals surface area contributed by atoms with E-state index in [1.54, 1.807) is 6.92 Å². The van der Waals surface area contributed by atoms with Gasteiger partial charge in [0.2, 0.25) is 0 Å². The Morgan fingerprint density at radius 1 is 0.957 bits per heavy atom. The summed E-state index contributed by atoms with van der Waals surface area (Å²) >= 11 is 0. The molecule has 3 heteroatoms. The molecule has 0 aromatic heterocycles. The van der Waals surface area contributed by atoms with E-state index in [-0.39, 0.29) is 11.4 Å². The van der Waals surface area contributed by atoms with Gasteiger partial charge in [0.1, 0.15) is 5.57 Å². The van der Waals surface area contributed by atoms with Gasteiger partial charge in [-0.05, 0) is 75.0 Å². The van der Waals surface area contributed by atoms with Crippen LogP contribution < -0.4 is 0 Å². The number of ether oxygens (including phenoxy) is 1. The zero-order valence-corrected chi connectivity index (χ0v) is 14.5. The average molecular weight is 316 g/mol. The Kier molecular flexibility index (Phi) is 6.82. The van der Waals surface area contributed by atoms with Crippen molar-refractivity contribution in [2.45, 2.75) is 71.6 Å². The lowest BCUT2D eigenvalue weighted by Gasteiger charge is -2.24. The first-order chi connectivity index (χ1) is 11.2. The molecule has 0 unspecified atom stereocenters. The van der Waals surface area contributed by atoms with Crippen LogP contribution in [0.2, 0.25) is 0 Å². The zero-order chi connectivity index (χ0) is 16.7. The Labute approximate surface area is 139 Å². The van der Waals surface area contributed by atoms with Crippen molar-refractivity contribution < 1.29 is 14.3 Å². The van der Waals surface area contributed by atoms with Gasteiger partial charge < -0.3 is 4.74 Å². The molecule has 0 fully saturated rings. The third-order valence-corrected chi connectivity index (χ3v) is 4.55. The van der Waals surface area contributed by atoms with E-state index < -0.39 is 5.97 Å². The predicted octanol–water partition coefficient (Wildman–Crippen LogP) is 4.83. The highest BCUT2D eigenvalue weighted by atomic mass is 16.5. The molecule has 0 N–H and O–H groups in total. The van der Waals surface area contributed by atoms with Gasteiger partial charge in [-0.25, -0.2) is 4.79 Å². The van der Waals surface area contributed by atoms with Crippen LogP contribution in [0.25, 0.3) is 0 Å². The number of carbonyl (C=O) groups excluding carboxylic acids is 2. The van der Waals surface area contributed by atoms with Gasteiger partial charge in [-0.1, -0.05) is 19.1 Å². The van der Waals surface area contributed by atoms with Crippen molar-refractivity contribution in [3.8, 4) is 0 Å². The lowest BCUT2D eigenvalue weighted by atomic mass is 9.81. The van der Waals surface area contributed by atoms with Crippen molar-refractivity contribution in [1.82, 2.24) is 0 Å². The van der Waals surface area contributed by atoms with E-state index in [1.165, 1.54) is 24.0 Å². The third-order valence-electron chi connectivity index (χ3n) is 4.55. The van der Waals surface area contributed by atoms with Gasteiger partial charge in [0.25, 0.3) is 0 Å². The van der Waals surface area contributed by atoms with E-state index in [4.69, 9.17) is 4.74 Å². The van der Waals surface area contributed by atoms with Crippen LogP contribution >= 0.6 is 0 Å². The van der Waals surface area contributed by atoms with Gasteiger partial charge in [0.15, 0.2) is 5.78 Å². The number of Topliss-reactive ketones (excluding diaryl/α,β-unsaturated/α-hetero) is 1. The summed E-state index contributed by atoms with van der Waals surface area (Å²) in [6.07, 6.45) is 13.4. The highest BCUT2D eigenvalue weighted by Crippen LogP contribution is 2.36. The molecule has 0 spiro atoms. The lowest BCUT2D eigenvalue weighted by molar-refractivity contribution is -0.140. The molecule has 0 radical (unpaired) electrons. The quantitative estimate of drug-likeness (QED) is 0.305. The second-order valence-corrected chi connectivity index (χ2v) is 6.20. The molecule has 2 aliphatic carbocycles. The van der Waals surface area contributed by atoms with Crippen LogP contribution in [0.3, 0.4) is 0 Å². The van der Waals surface area contributed by atoms with Crippen LogP contribution in [0.5, 0.6) is 0 Å². The summed E-state index contributed by atoms with van der Waals surface area (Å²) in [5.41, 5.74) is 3.54. The number of carbonyl (C=O) groups is 2. The minimum atomic E-state index is -0.452. The topological polar surface area (TPSA) is 43.4 Å². The molecule has 0 bridgehead atoms. The fraction of sp³-hybridized carbons (Fsp3) is 0.600. The monoisotopic (exact) mass is 316 g/mol. The normalized spacial score (nSPS) is 17.8. The summed E-state index contributed by atoms with van der Waals surface area (Å²) in [7, 11) is 0. The molecular weight excluding hydrogens is 288 g/mol. The molecule has 0 atom stereocenters. The fourth-order valence-corrected chi connectivity index (χ4v) is 3.39. The Morgan fingerprint density at radius 2 is 1.52 bits per heavy atom. The van der Waals surface area contributed by atoms with Gasteiger partial charge in [-0.2, -0.15) is 0 Å². The van der Waals surface area contributed by atoms with Crippen molar-refractivity contribution >= 4 is 11.8 Å². The molecule has 0 amide bonds. The maximum atomic E-state index is 12.5. The summed E-state index contributed by atoms with van der Waals surface area (Å²) in [5.74, 6) is -0.552. The Hall–Kier alpha value is -1.64. The van der Waals surface area contributed by atoms with E-state index in [2.05, 4.69) is 12.2 Å². The molecule has 0 aromatic rings. The average Bonchev–Trinajstić information content (AvgIpc) is 2.60. The summed E-state index contributed by atoms with van der Waals surface area (Å²) in [5, 5.41) is 0. The number of allylic oxidation sites excluding steroid dienone is 5. The Bertz CT molecular complexity index is 521. The first kappa shape index (κ1) is 17.7. The van der Waals surface area contributed by atoms with Gasteiger partial charge in [0.05, 0.1) is 6.61 Å². The Morgan fingerprint density at radius 3 is 1.91 bits per heavy atom. The van der Waals surface area contributed by atoms with Crippen LogP contribution in [0, 0.1) is 0 Å². The number of ketones is 1. The molecule has 0 saturated carbocycles. The maximum absolute atomic E-state index is 12.5. The van der Waals surface area contributed by atoms with Crippen LogP contribution in [-0.2, 0) is 14.3 Å². The first-order valence-corrected chi connectivity index (χ1v) is 9.02. The van der Waals surface area contributed by atoms with Crippen LogP contribution in [0.1, 0.15) is 71.6 Å². The highest BCUT2D eigenvalue weighted by Gasteiger charge is 2.28. The van der Waals surface area contributed by atoms with Crippen molar-refractivity contribution in [2.75, 3.05) is 6.61 Å². The minimum absolute atomic E-state index is 0.101. The van der Waals surface area contributed by atoms with Gasteiger partial charge in [-0.15, -0.1) is 0 Å². The SMILES string of the molecule is CCOC(=O)C(C(=O)CC)=C(C1=CCCCC1)C1=CCCCC1. The minimum Gasteiger partial charge on any atom is -0.462 e. The fourth-order valence-electron chi connectivity index (χ4n) is 3.39. The van der Waals surface area contributed by atoms with E-state index in [9.17, 15) is 9.59 Å². The van der Waals surface area contributed by atoms with E-state index >= 15 is 0 Å². The maximum Gasteiger partial charge on any atom is 0.342 e. The molecule has 0 heterocycles. The second-order valence-electron chi connectivity index (χ2n) is 6.20. The molecule has 2 aliphatic rings. The van der Waals surface area contributed by atoms with Crippen molar-refractivity contribution in [3.63, 3.8) is 0 Å². The van der Waals surface area contributed by atoms with E-state index in [0.29, 0.717) is 13.0 Å². The molecule has 0 saturated heterocycles. The van der Waals surface area contributed by atoms with Crippen molar-refractivity contribution in [2.24, 2.45) is 0 Å². The summed E-state index contributed by atoms with van der Waals surface area (Å²) in [6.45, 7) is 3.89. The smallest absolute Gasteiger partial charge is 0.342 e. The molecule has 0 aliphatic heterocycles. The largest absolute Gasteiger partial charge is 0.462 e. The van der Waals surface area contributed by atoms with Gasteiger partial charge >= 0.3 is 5.97 Å². The number of hydrogen-bond acceptors (Lipinski definition) is 3. The second kappa shape index (κ2) is 8.85. The van der Waals surface area contributed by atoms with E-state index in [1.807, 2.05) is 6.92 Å². The zero-order valence-electron chi connectivity index (χ0n) is 14.5. The molecule has 0 aromatic carbocycles. The van der Waals surface area contributed by atoms with Crippen molar-refractivity contribution in [3.05, 3.63) is 34.4 Å². The molecule has 3 nitrogen and oxygen atoms in total. The van der Waals surface area contributed by atoms with Crippen LogP contribution in [-0.4, -0.2) is 18.4 Å². The number of rotatable bonds is 6. The summed E-state index contributed by atoms with van der Waals surface area (Å²) in [6, 6.07) is 0. The highest BCUT2D eigenvalue weighted by molar-refractivity contribution is 6.19. The van der Waals surface area contributed by atoms with Gasteiger partial charge in [-0.3, -0.25) is 4.79 Å². The predicted molar refractivity (Wildman–Crippen MR) is 92.1 cm³/mol. The summed E-state index contributed by atoms with van der Waals surface area (Å²) < 4.78 is 5.22. The number of hydrogen-bond donors (Lipinski definition) is 0. The molecule has 23 heavy (non-hydrogen) atoms. The van der Waals surface area contributed by atoms with Crippen LogP contribution in [0.15, 0.2) is 34.4 Å². The van der Waals surface area contributed by atoms with E-state index in [0.717, 1.165) is 44.1 Å². The Balaban J connectivity index is 2.57.